The first-order valence-corrected chi connectivity index (χ1v) is 7.73. The molecule has 0 aliphatic heterocycles. The molecule has 2 rings (SSSR count). The largest absolute Gasteiger partial charge is 0.496 e. The highest BCUT2D eigenvalue weighted by atomic mass is 16.5. The zero-order chi connectivity index (χ0) is 16.7. The second-order valence-electron chi connectivity index (χ2n) is 5.55. The van der Waals surface area contributed by atoms with Crippen molar-refractivity contribution in [3.63, 3.8) is 0 Å². The van der Waals surface area contributed by atoms with E-state index in [1.807, 2.05) is 38.1 Å². The molecule has 0 fully saturated rings. The second-order valence-corrected chi connectivity index (χ2v) is 5.55. The summed E-state index contributed by atoms with van der Waals surface area (Å²) >= 11 is 0. The summed E-state index contributed by atoms with van der Waals surface area (Å²) in [6, 6.07) is 11.6. The van der Waals surface area contributed by atoms with Gasteiger partial charge in [0.1, 0.15) is 11.6 Å². The maximum atomic E-state index is 12.2. The molecule has 0 aliphatic rings. The van der Waals surface area contributed by atoms with Crippen molar-refractivity contribution in [2.45, 2.75) is 26.3 Å². The summed E-state index contributed by atoms with van der Waals surface area (Å²) in [5, 5.41) is 6.12. The highest BCUT2D eigenvalue weighted by Gasteiger charge is 2.08. The third-order valence-electron chi connectivity index (χ3n) is 3.33. The van der Waals surface area contributed by atoms with Gasteiger partial charge >= 0.3 is 0 Å². The molecule has 5 nitrogen and oxygen atoms in total. The van der Waals surface area contributed by atoms with E-state index in [9.17, 15) is 4.79 Å². The van der Waals surface area contributed by atoms with Gasteiger partial charge in [-0.05, 0) is 44.0 Å². The number of ether oxygens (including phenoxy) is 1. The van der Waals surface area contributed by atoms with Crippen LogP contribution >= 0.6 is 0 Å². The van der Waals surface area contributed by atoms with Crippen molar-refractivity contribution in [3.8, 4) is 5.75 Å². The Kier molecular flexibility index (Phi) is 5.97. The monoisotopic (exact) mass is 313 g/mol. The fraction of sp³-hybridized carbons (Fsp3) is 0.333. The lowest BCUT2D eigenvalue weighted by Crippen LogP contribution is -2.26. The fourth-order valence-electron chi connectivity index (χ4n) is 2.27. The number of pyridine rings is 1. The van der Waals surface area contributed by atoms with E-state index < -0.39 is 0 Å². The molecular weight excluding hydrogens is 290 g/mol. The van der Waals surface area contributed by atoms with Gasteiger partial charge in [-0.1, -0.05) is 18.2 Å². The van der Waals surface area contributed by atoms with Crippen LogP contribution in [-0.4, -0.2) is 30.6 Å². The number of anilines is 1. The van der Waals surface area contributed by atoms with Crippen molar-refractivity contribution in [1.29, 1.82) is 0 Å². The van der Waals surface area contributed by atoms with Gasteiger partial charge in [0.05, 0.1) is 7.11 Å². The van der Waals surface area contributed by atoms with Crippen LogP contribution in [-0.2, 0) is 6.42 Å². The lowest BCUT2D eigenvalue weighted by Gasteiger charge is -2.11. The van der Waals surface area contributed by atoms with Crippen LogP contribution in [0.4, 0.5) is 5.82 Å². The summed E-state index contributed by atoms with van der Waals surface area (Å²) < 4.78 is 5.31. The zero-order valence-corrected chi connectivity index (χ0v) is 13.8. The molecule has 2 aromatic rings. The number of benzene rings is 1. The standard InChI is InChI=1S/C18H23N3O2/c1-13(2)21-17-12-15(9-10-19-17)18(22)20-11-8-14-6-4-5-7-16(14)23-3/h4-7,9-10,12-13H,8,11H2,1-3H3,(H,19,21)(H,20,22). The molecule has 5 heteroatoms. The molecule has 1 aromatic heterocycles. The molecule has 0 atom stereocenters. The number of aromatic nitrogens is 1. The summed E-state index contributed by atoms with van der Waals surface area (Å²) in [7, 11) is 1.65. The van der Waals surface area contributed by atoms with E-state index in [4.69, 9.17) is 4.74 Å². The number of amides is 1. The van der Waals surface area contributed by atoms with E-state index in [1.54, 1.807) is 25.4 Å². The molecule has 0 saturated carbocycles. The SMILES string of the molecule is COc1ccccc1CCNC(=O)c1ccnc(NC(C)C)c1. The van der Waals surface area contributed by atoms with E-state index >= 15 is 0 Å². The van der Waals surface area contributed by atoms with E-state index in [-0.39, 0.29) is 11.9 Å². The first-order valence-electron chi connectivity index (χ1n) is 7.73. The van der Waals surface area contributed by atoms with Gasteiger partial charge in [0.15, 0.2) is 0 Å². The van der Waals surface area contributed by atoms with Crippen molar-refractivity contribution >= 4 is 11.7 Å². The molecule has 0 bridgehead atoms. The van der Waals surface area contributed by atoms with Gasteiger partial charge in [0, 0.05) is 24.3 Å². The molecule has 1 heterocycles. The third kappa shape index (κ3) is 4.98. The Morgan fingerprint density at radius 2 is 2.04 bits per heavy atom. The van der Waals surface area contributed by atoms with Gasteiger partial charge in [0.25, 0.3) is 5.91 Å². The van der Waals surface area contributed by atoms with Crippen LogP contribution in [0.5, 0.6) is 5.75 Å². The average molecular weight is 313 g/mol. The molecule has 23 heavy (non-hydrogen) atoms. The van der Waals surface area contributed by atoms with Crippen molar-refractivity contribution in [2.75, 3.05) is 19.0 Å². The van der Waals surface area contributed by atoms with Gasteiger partial charge in [-0.15, -0.1) is 0 Å². The number of nitrogens with one attached hydrogen (secondary N) is 2. The summed E-state index contributed by atoms with van der Waals surface area (Å²) in [4.78, 5) is 16.4. The van der Waals surface area contributed by atoms with Crippen molar-refractivity contribution < 1.29 is 9.53 Å². The van der Waals surface area contributed by atoms with Crippen LogP contribution in [0.2, 0.25) is 0 Å². The van der Waals surface area contributed by atoms with E-state index in [0.29, 0.717) is 17.9 Å². The third-order valence-corrected chi connectivity index (χ3v) is 3.33. The Morgan fingerprint density at radius 3 is 2.78 bits per heavy atom. The maximum Gasteiger partial charge on any atom is 0.251 e. The van der Waals surface area contributed by atoms with E-state index in [1.165, 1.54) is 0 Å². The molecule has 0 spiro atoms. The quantitative estimate of drug-likeness (QED) is 0.825. The minimum atomic E-state index is -0.103. The van der Waals surface area contributed by atoms with Gasteiger partial charge in [-0.3, -0.25) is 4.79 Å². The molecule has 0 radical (unpaired) electrons. The lowest BCUT2D eigenvalue weighted by molar-refractivity contribution is 0.0954. The van der Waals surface area contributed by atoms with Gasteiger partial charge in [0.2, 0.25) is 0 Å². The van der Waals surface area contributed by atoms with Crippen LogP contribution in [0, 0.1) is 0 Å². The average Bonchev–Trinajstić information content (AvgIpc) is 2.55. The summed E-state index contributed by atoms with van der Waals surface area (Å²) in [5.41, 5.74) is 1.68. The number of carbonyl (C=O) groups excluding carboxylic acids is 1. The summed E-state index contributed by atoms with van der Waals surface area (Å²) in [6.07, 6.45) is 2.36. The van der Waals surface area contributed by atoms with Crippen molar-refractivity contribution in [3.05, 3.63) is 53.7 Å². The van der Waals surface area contributed by atoms with Crippen molar-refractivity contribution in [1.82, 2.24) is 10.3 Å². The first-order chi connectivity index (χ1) is 11.1. The van der Waals surface area contributed by atoms with Gasteiger partial charge in [-0.25, -0.2) is 4.98 Å². The molecule has 2 N–H and O–H groups in total. The number of para-hydroxylation sites is 1. The molecular formula is C18H23N3O2. The van der Waals surface area contributed by atoms with E-state index in [0.717, 1.165) is 17.7 Å². The van der Waals surface area contributed by atoms with E-state index in [2.05, 4.69) is 15.6 Å². The molecule has 122 valence electrons. The summed E-state index contributed by atoms with van der Waals surface area (Å²) in [6.45, 7) is 4.61. The van der Waals surface area contributed by atoms with Gasteiger partial charge in [-0.2, -0.15) is 0 Å². The Balaban J connectivity index is 1.92. The molecule has 0 saturated heterocycles. The summed E-state index contributed by atoms with van der Waals surface area (Å²) in [5.74, 6) is 1.44. The van der Waals surface area contributed by atoms with Crippen LogP contribution in [0.3, 0.4) is 0 Å². The smallest absolute Gasteiger partial charge is 0.251 e. The molecule has 1 aromatic carbocycles. The maximum absolute atomic E-state index is 12.2. The molecule has 1 amide bonds. The number of hydrogen-bond donors (Lipinski definition) is 2. The second kappa shape index (κ2) is 8.17. The minimum Gasteiger partial charge on any atom is -0.496 e. The topological polar surface area (TPSA) is 63.2 Å². The zero-order valence-electron chi connectivity index (χ0n) is 13.8. The van der Waals surface area contributed by atoms with Gasteiger partial charge < -0.3 is 15.4 Å². The minimum absolute atomic E-state index is 0.103. The molecule has 0 aliphatic carbocycles. The lowest BCUT2D eigenvalue weighted by atomic mass is 10.1. The predicted octanol–water partition coefficient (Wildman–Crippen LogP) is 2.88. The number of nitrogens with zero attached hydrogens (tertiary/aromatic N) is 1. The Bertz CT molecular complexity index is 656. The Labute approximate surface area is 137 Å². The molecule has 0 unspecified atom stereocenters. The first kappa shape index (κ1) is 16.8. The van der Waals surface area contributed by atoms with Crippen LogP contribution in [0.1, 0.15) is 29.8 Å². The van der Waals surface area contributed by atoms with Crippen LogP contribution < -0.4 is 15.4 Å². The highest BCUT2D eigenvalue weighted by Crippen LogP contribution is 2.17. The Morgan fingerprint density at radius 1 is 1.26 bits per heavy atom. The predicted molar refractivity (Wildman–Crippen MR) is 92.0 cm³/mol. The van der Waals surface area contributed by atoms with Crippen LogP contribution in [0.15, 0.2) is 42.6 Å². The normalized spacial score (nSPS) is 10.4. The van der Waals surface area contributed by atoms with Crippen molar-refractivity contribution in [2.24, 2.45) is 0 Å². The number of rotatable bonds is 7. The Hall–Kier alpha value is -2.56. The highest BCUT2D eigenvalue weighted by molar-refractivity contribution is 5.94. The van der Waals surface area contributed by atoms with Crippen LogP contribution in [0.25, 0.3) is 0 Å². The fourth-order valence-corrected chi connectivity index (χ4v) is 2.27. The number of carbonyl (C=O) groups is 1. The number of hydrogen-bond acceptors (Lipinski definition) is 4. The number of methoxy groups -OCH3 is 1.